The van der Waals surface area contributed by atoms with E-state index in [1.54, 1.807) is 42.5 Å². The van der Waals surface area contributed by atoms with Crippen molar-refractivity contribution in [1.82, 2.24) is 0 Å². The topological polar surface area (TPSA) is 93.7 Å². The number of anilines is 2. The number of ether oxygens (including phenoxy) is 2. The number of hydrogen-bond acceptors (Lipinski definition) is 5. The average Bonchev–Trinajstić information content (AvgIpc) is 2.76. The molecule has 3 rings (SSSR count). The Balaban J connectivity index is 1.66. The van der Waals surface area contributed by atoms with E-state index in [0.717, 1.165) is 0 Å². The molecule has 0 radical (unpaired) electrons. The Morgan fingerprint density at radius 3 is 2.18 bits per heavy atom. The lowest BCUT2D eigenvalue weighted by molar-refractivity contribution is 0.102. The van der Waals surface area contributed by atoms with Crippen molar-refractivity contribution in [2.24, 2.45) is 0 Å². The van der Waals surface area contributed by atoms with E-state index in [9.17, 15) is 13.2 Å². The fourth-order valence-corrected chi connectivity index (χ4v) is 4.44. The van der Waals surface area contributed by atoms with Crippen molar-refractivity contribution >= 4 is 43.2 Å². The second-order valence-electron chi connectivity index (χ2n) is 7.35. The van der Waals surface area contributed by atoms with Crippen molar-refractivity contribution in [3.8, 4) is 11.5 Å². The molecule has 0 heterocycles. The van der Waals surface area contributed by atoms with Crippen LogP contribution in [0, 0.1) is 0 Å². The molecule has 174 valence electrons. The van der Waals surface area contributed by atoms with Gasteiger partial charge in [0.1, 0.15) is 11.5 Å². The van der Waals surface area contributed by atoms with Crippen LogP contribution in [0.2, 0.25) is 0 Å². The maximum atomic E-state index is 12.7. The molecule has 0 aliphatic rings. The van der Waals surface area contributed by atoms with Crippen LogP contribution >= 0.6 is 15.9 Å². The van der Waals surface area contributed by atoms with E-state index in [1.165, 1.54) is 24.3 Å². The molecule has 0 saturated heterocycles. The van der Waals surface area contributed by atoms with E-state index in [0.29, 0.717) is 39.5 Å². The molecule has 0 bridgehead atoms. The lowest BCUT2D eigenvalue weighted by Crippen LogP contribution is -2.14. The summed E-state index contributed by atoms with van der Waals surface area (Å²) in [5.41, 5.74) is 1.33. The SMILES string of the molecule is CCOc1ccc(NS(=O)(=O)c2ccc(NC(=O)c3ccc(OC(C)C)c(Br)c3)cc2)cc1. The Morgan fingerprint density at radius 1 is 0.970 bits per heavy atom. The highest BCUT2D eigenvalue weighted by Crippen LogP contribution is 2.27. The molecule has 33 heavy (non-hydrogen) atoms. The Kier molecular flexibility index (Phi) is 7.99. The molecule has 0 atom stereocenters. The van der Waals surface area contributed by atoms with E-state index in [-0.39, 0.29) is 16.9 Å². The van der Waals surface area contributed by atoms with Gasteiger partial charge in [-0.15, -0.1) is 0 Å². The predicted octanol–water partition coefficient (Wildman–Crippen LogP) is 5.69. The maximum Gasteiger partial charge on any atom is 0.261 e. The van der Waals surface area contributed by atoms with Crippen LogP contribution in [0.4, 0.5) is 11.4 Å². The average molecular weight is 533 g/mol. The first-order chi connectivity index (χ1) is 15.7. The summed E-state index contributed by atoms with van der Waals surface area (Å²) in [5.74, 6) is 0.987. The smallest absolute Gasteiger partial charge is 0.261 e. The van der Waals surface area contributed by atoms with Gasteiger partial charge in [-0.1, -0.05) is 0 Å². The molecular formula is C24H25BrN2O5S. The minimum Gasteiger partial charge on any atom is -0.494 e. The number of halogens is 1. The van der Waals surface area contributed by atoms with E-state index in [4.69, 9.17) is 9.47 Å². The molecule has 3 aromatic rings. The maximum absolute atomic E-state index is 12.7. The van der Waals surface area contributed by atoms with Gasteiger partial charge in [0.05, 0.1) is 22.1 Å². The molecule has 0 fully saturated rings. The normalized spacial score (nSPS) is 11.2. The first-order valence-corrected chi connectivity index (χ1v) is 12.6. The standard InChI is InChI=1S/C24H25BrN2O5S/c1-4-31-20-10-6-19(7-11-20)27-33(29,30)21-12-8-18(9-13-21)26-24(28)17-5-14-23(22(25)15-17)32-16(2)3/h5-16,27H,4H2,1-3H3,(H,26,28). The largest absolute Gasteiger partial charge is 0.494 e. The van der Waals surface area contributed by atoms with Crippen molar-refractivity contribution in [1.29, 1.82) is 0 Å². The summed E-state index contributed by atoms with van der Waals surface area (Å²) < 4.78 is 39.5. The Hall–Kier alpha value is -3.04. The number of sulfonamides is 1. The van der Waals surface area contributed by atoms with E-state index in [2.05, 4.69) is 26.0 Å². The molecule has 0 saturated carbocycles. The second kappa shape index (κ2) is 10.7. The van der Waals surface area contributed by atoms with Gasteiger partial charge in [0.2, 0.25) is 0 Å². The molecule has 3 aromatic carbocycles. The summed E-state index contributed by atoms with van der Waals surface area (Å²) >= 11 is 3.41. The lowest BCUT2D eigenvalue weighted by atomic mass is 10.2. The number of benzene rings is 3. The van der Waals surface area contributed by atoms with Gasteiger partial charge in [-0.25, -0.2) is 8.42 Å². The highest BCUT2D eigenvalue weighted by atomic mass is 79.9. The highest BCUT2D eigenvalue weighted by Gasteiger charge is 2.15. The number of nitrogens with one attached hydrogen (secondary N) is 2. The van der Waals surface area contributed by atoms with Gasteiger partial charge in [-0.05, 0) is 103 Å². The van der Waals surface area contributed by atoms with Crippen LogP contribution in [0.25, 0.3) is 0 Å². The van der Waals surface area contributed by atoms with Crippen molar-refractivity contribution in [3.05, 3.63) is 76.8 Å². The summed E-state index contributed by atoms with van der Waals surface area (Å²) in [4.78, 5) is 12.7. The molecule has 7 nitrogen and oxygen atoms in total. The van der Waals surface area contributed by atoms with Crippen molar-refractivity contribution in [2.75, 3.05) is 16.6 Å². The molecule has 9 heteroatoms. The monoisotopic (exact) mass is 532 g/mol. The first kappa shape index (κ1) is 24.6. The number of hydrogen-bond donors (Lipinski definition) is 2. The molecule has 2 N–H and O–H groups in total. The zero-order chi connectivity index (χ0) is 24.0. The summed E-state index contributed by atoms with van der Waals surface area (Å²) in [7, 11) is -3.78. The van der Waals surface area contributed by atoms with Gasteiger partial charge >= 0.3 is 0 Å². The van der Waals surface area contributed by atoms with Crippen molar-refractivity contribution in [2.45, 2.75) is 31.8 Å². The Bertz CT molecular complexity index is 1210. The number of amides is 1. The third kappa shape index (κ3) is 6.72. The minimum absolute atomic E-state index is 0.0136. The van der Waals surface area contributed by atoms with Gasteiger partial charge in [0, 0.05) is 16.9 Å². The van der Waals surface area contributed by atoms with Crippen LogP contribution in [0.15, 0.2) is 76.1 Å². The quantitative estimate of drug-likeness (QED) is 0.369. The molecule has 0 aromatic heterocycles. The van der Waals surface area contributed by atoms with Gasteiger partial charge in [0.25, 0.3) is 15.9 Å². The summed E-state index contributed by atoms with van der Waals surface area (Å²) in [6.07, 6.45) is 0.0136. The molecular weight excluding hydrogens is 508 g/mol. The van der Waals surface area contributed by atoms with Gasteiger partial charge in [0.15, 0.2) is 0 Å². The summed E-state index contributed by atoms with van der Waals surface area (Å²) in [6, 6.07) is 17.7. The van der Waals surface area contributed by atoms with Gasteiger partial charge < -0.3 is 14.8 Å². The third-order valence-electron chi connectivity index (χ3n) is 4.40. The first-order valence-electron chi connectivity index (χ1n) is 10.3. The van der Waals surface area contributed by atoms with Gasteiger partial charge in [-0.2, -0.15) is 0 Å². The zero-order valence-corrected chi connectivity index (χ0v) is 20.9. The minimum atomic E-state index is -3.78. The van der Waals surface area contributed by atoms with Crippen molar-refractivity contribution < 1.29 is 22.7 Å². The lowest BCUT2D eigenvalue weighted by Gasteiger charge is -2.13. The van der Waals surface area contributed by atoms with Crippen LogP contribution < -0.4 is 19.5 Å². The third-order valence-corrected chi connectivity index (χ3v) is 6.41. The number of carbonyl (C=O) groups is 1. The highest BCUT2D eigenvalue weighted by molar-refractivity contribution is 9.10. The molecule has 0 unspecified atom stereocenters. The number of carbonyl (C=O) groups excluding carboxylic acids is 1. The Morgan fingerprint density at radius 2 is 1.61 bits per heavy atom. The van der Waals surface area contributed by atoms with Crippen LogP contribution in [0.1, 0.15) is 31.1 Å². The fourth-order valence-electron chi connectivity index (χ4n) is 2.91. The van der Waals surface area contributed by atoms with E-state index < -0.39 is 10.0 Å². The predicted molar refractivity (Wildman–Crippen MR) is 133 cm³/mol. The molecule has 0 aliphatic carbocycles. The summed E-state index contributed by atoms with van der Waals surface area (Å²) in [6.45, 7) is 6.25. The Labute approximate surface area is 202 Å². The van der Waals surface area contributed by atoms with Crippen LogP contribution in [-0.4, -0.2) is 27.0 Å². The molecule has 1 amide bonds. The zero-order valence-electron chi connectivity index (χ0n) is 18.5. The molecule has 0 spiro atoms. The van der Waals surface area contributed by atoms with Crippen molar-refractivity contribution in [3.63, 3.8) is 0 Å². The fraction of sp³-hybridized carbons (Fsp3) is 0.208. The number of rotatable bonds is 9. The second-order valence-corrected chi connectivity index (χ2v) is 9.89. The van der Waals surface area contributed by atoms with Crippen LogP contribution in [-0.2, 0) is 10.0 Å². The summed E-state index contributed by atoms with van der Waals surface area (Å²) in [5, 5.41) is 2.76. The van der Waals surface area contributed by atoms with E-state index in [1.807, 2.05) is 20.8 Å². The van der Waals surface area contributed by atoms with E-state index >= 15 is 0 Å². The van der Waals surface area contributed by atoms with Crippen LogP contribution in [0.5, 0.6) is 11.5 Å². The van der Waals surface area contributed by atoms with Crippen LogP contribution in [0.3, 0.4) is 0 Å². The molecule has 0 aliphatic heterocycles. The van der Waals surface area contributed by atoms with Gasteiger partial charge in [-0.3, -0.25) is 9.52 Å².